The van der Waals surface area contributed by atoms with E-state index in [1.807, 2.05) is 0 Å². The molecular formula is C36H74N4. The highest BCUT2D eigenvalue weighted by Gasteiger charge is 2.43. The average Bonchev–Trinajstić information content (AvgIpc) is 2.98. The van der Waals surface area contributed by atoms with Crippen LogP contribution in [0.25, 0.3) is 0 Å². The molecule has 2 N–H and O–H groups in total. The zero-order valence-electron chi connectivity index (χ0n) is 28.6. The fourth-order valence-corrected chi connectivity index (χ4v) is 8.66. The van der Waals surface area contributed by atoms with E-state index in [0.717, 1.165) is 13.1 Å². The van der Waals surface area contributed by atoms with Crippen molar-refractivity contribution < 1.29 is 0 Å². The molecule has 2 unspecified atom stereocenters. The van der Waals surface area contributed by atoms with Gasteiger partial charge in [-0.3, -0.25) is 9.80 Å². The van der Waals surface area contributed by atoms with Crippen LogP contribution in [0, 0.1) is 11.8 Å². The van der Waals surface area contributed by atoms with Gasteiger partial charge in [0.05, 0.1) is 6.17 Å². The second-order valence-electron chi connectivity index (χ2n) is 14.0. The number of nitrogens with zero attached hydrogens (tertiary/aromatic N) is 2. The van der Waals surface area contributed by atoms with Crippen molar-refractivity contribution >= 4 is 0 Å². The monoisotopic (exact) mass is 567 g/mol. The molecule has 0 aromatic heterocycles. The highest BCUT2D eigenvalue weighted by Crippen LogP contribution is 2.41. The first kappa shape index (κ1) is 36.0. The summed E-state index contributed by atoms with van der Waals surface area (Å²) in [6.45, 7) is 24.3. The molecular weight excluding hydrogens is 492 g/mol. The van der Waals surface area contributed by atoms with Crippen LogP contribution in [0.15, 0.2) is 0 Å². The van der Waals surface area contributed by atoms with Crippen LogP contribution < -0.4 is 10.6 Å². The third-order valence-corrected chi connectivity index (χ3v) is 10.9. The second kappa shape index (κ2) is 19.9. The Morgan fingerprint density at radius 2 is 0.900 bits per heavy atom. The minimum Gasteiger partial charge on any atom is -0.302 e. The predicted molar refractivity (Wildman–Crippen MR) is 178 cm³/mol. The predicted octanol–water partition coefficient (Wildman–Crippen LogP) is 8.99. The van der Waals surface area contributed by atoms with Gasteiger partial charge in [-0.1, -0.05) is 106 Å². The molecule has 0 radical (unpaired) electrons. The summed E-state index contributed by atoms with van der Waals surface area (Å²) >= 11 is 0. The minimum absolute atomic E-state index is 0.394. The molecule has 0 spiro atoms. The number of rotatable bonds is 22. The topological polar surface area (TPSA) is 30.5 Å². The highest BCUT2D eigenvalue weighted by molar-refractivity contribution is 4.99. The van der Waals surface area contributed by atoms with E-state index in [1.165, 1.54) is 142 Å². The fraction of sp³-hybridized carbons (Fsp3) is 1.00. The van der Waals surface area contributed by atoms with Gasteiger partial charge in [0.1, 0.15) is 0 Å². The molecule has 0 amide bonds. The van der Waals surface area contributed by atoms with Gasteiger partial charge in [0.25, 0.3) is 0 Å². The Morgan fingerprint density at radius 3 is 1.23 bits per heavy atom. The van der Waals surface area contributed by atoms with E-state index in [2.05, 4.69) is 68.9 Å². The molecule has 0 aromatic carbocycles. The van der Waals surface area contributed by atoms with E-state index >= 15 is 0 Å². The Bertz CT molecular complexity index is 550. The summed E-state index contributed by atoms with van der Waals surface area (Å²) in [6, 6.07) is 0. The molecule has 2 atom stereocenters. The van der Waals surface area contributed by atoms with Gasteiger partial charge in [-0.05, 0) is 95.8 Å². The molecule has 4 heteroatoms. The van der Waals surface area contributed by atoms with Crippen LogP contribution in [0.5, 0.6) is 0 Å². The van der Waals surface area contributed by atoms with Gasteiger partial charge in [0.2, 0.25) is 0 Å². The summed E-state index contributed by atoms with van der Waals surface area (Å²) in [5.74, 6) is 1.38. The maximum absolute atomic E-state index is 4.14. The first-order valence-corrected chi connectivity index (χ1v) is 18.4. The van der Waals surface area contributed by atoms with Crippen molar-refractivity contribution in [2.75, 3.05) is 39.3 Å². The molecule has 40 heavy (non-hydrogen) atoms. The average molecular weight is 567 g/mol. The first-order chi connectivity index (χ1) is 19.4. The summed E-state index contributed by atoms with van der Waals surface area (Å²) in [5.41, 5.74) is 0.789. The molecule has 0 heterocycles. The molecule has 2 fully saturated rings. The molecule has 0 bridgehead atoms. The third kappa shape index (κ3) is 10.2. The van der Waals surface area contributed by atoms with E-state index in [9.17, 15) is 0 Å². The van der Waals surface area contributed by atoms with Crippen LogP contribution in [0.4, 0.5) is 0 Å². The van der Waals surface area contributed by atoms with Gasteiger partial charge in [-0.15, -0.1) is 0 Å². The molecule has 2 saturated carbocycles. The summed E-state index contributed by atoms with van der Waals surface area (Å²) < 4.78 is 0. The summed E-state index contributed by atoms with van der Waals surface area (Å²) in [6.07, 6.45) is 24.9. The van der Waals surface area contributed by atoms with E-state index in [0.29, 0.717) is 29.1 Å². The Morgan fingerprint density at radius 1 is 0.525 bits per heavy atom. The largest absolute Gasteiger partial charge is 0.302 e. The standard InChI is InChI=1S/C36H74N4/c1-8-13-16-21-34(37-30-32(6)35(22-17-14-18-23-35)39(26-9-2)27-10-3)38-31-33(7)36(24-19-15-20-25-36)40(28-11-4)29-12-5/h32-34,37-38H,8-31H2,1-7H3/i39+2,40+2. The van der Waals surface area contributed by atoms with Crippen molar-refractivity contribution in [2.24, 2.45) is 11.8 Å². The lowest BCUT2D eigenvalue weighted by atomic mass is 9.75. The molecule has 0 aromatic rings. The van der Waals surface area contributed by atoms with Crippen molar-refractivity contribution in [1.82, 2.24) is 20.4 Å². The number of unbranched alkanes of at least 4 members (excludes halogenated alkanes) is 2. The molecule has 238 valence electrons. The first-order valence-electron chi connectivity index (χ1n) is 18.4. The van der Waals surface area contributed by atoms with Gasteiger partial charge in [-0.2, -0.15) is 0 Å². The Hall–Kier alpha value is -0.160. The lowest BCUT2D eigenvalue weighted by Crippen LogP contribution is -2.59. The normalized spacial score (nSPS) is 21.5. The van der Waals surface area contributed by atoms with Crippen molar-refractivity contribution in [3.8, 4) is 0 Å². The maximum atomic E-state index is 4.14. The molecule has 2 rings (SSSR count). The molecule has 2 aliphatic rings. The van der Waals surface area contributed by atoms with Crippen molar-refractivity contribution in [3.63, 3.8) is 0 Å². The molecule has 0 aliphatic heterocycles. The zero-order valence-corrected chi connectivity index (χ0v) is 28.6. The van der Waals surface area contributed by atoms with Crippen molar-refractivity contribution in [3.05, 3.63) is 0 Å². The highest BCUT2D eigenvalue weighted by atomic mass is 16.7. The zero-order chi connectivity index (χ0) is 29.3. The van der Waals surface area contributed by atoms with Gasteiger partial charge < -0.3 is 10.6 Å². The number of hydrogen-bond acceptors (Lipinski definition) is 4. The van der Waals surface area contributed by atoms with E-state index < -0.39 is 0 Å². The van der Waals surface area contributed by atoms with Crippen LogP contribution >= 0.6 is 0 Å². The quantitative estimate of drug-likeness (QED) is 0.101. The smallest absolute Gasteiger partial charge is 0.0571 e. The van der Waals surface area contributed by atoms with Crippen LogP contribution in [0.2, 0.25) is 0 Å². The van der Waals surface area contributed by atoms with Crippen molar-refractivity contribution in [2.45, 2.75) is 181 Å². The number of hydrogen-bond donors (Lipinski definition) is 2. The second-order valence-corrected chi connectivity index (χ2v) is 14.0. The van der Waals surface area contributed by atoms with E-state index in [-0.39, 0.29) is 0 Å². The maximum Gasteiger partial charge on any atom is 0.0571 e. The summed E-state index contributed by atoms with van der Waals surface area (Å²) in [4.78, 5) is 5.84. The van der Waals surface area contributed by atoms with Crippen LogP contribution in [-0.2, 0) is 0 Å². The molecule has 0 saturated heterocycles. The molecule has 4 nitrogen and oxygen atoms in total. The minimum atomic E-state index is 0.394. The SMILES string of the molecule is CCCCCC(NCC(C)C1([16N](CCC)CCC)CCCCC1)NCC(C)C1([16N](CCC)CCC)CCCCC1. The van der Waals surface area contributed by atoms with E-state index in [4.69, 9.17) is 0 Å². The fourth-order valence-electron chi connectivity index (χ4n) is 8.66. The van der Waals surface area contributed by atoms with E-state index in [1.54, 1.807) is 0 Å². The summed E-state index contributed by atoms with van der Waals surface area (Å²) in [7, 11) is 0. The van der Waals surface area contributed by atoms with Crippen LogP contribution in [0.1, 0.15) is 164 Å². The molecule has 2 aliphatic carbocycles. The van der Waals surface area contributed by atoms with Gasteiger partial charge in [0.15, 0.2) is 0 Å². The Labute approximate surface area is 252 Å². The van der Waals surface area contributed by atoms with Gasteiger partial charge in [0, 0.05) is 24.2 Å². The summed E-state index contributed by atoms with van der Waals surface area (Å²) in [5, 5.41) is 8.28. The number of nitrogens with one attached hydrogen (secondary N) is 2. The van der Waals surface area contributed by atoms with Gasteiger partial charge >= 0.3 is 0 Å². The van der Waals surface area contributed by atoms with Crippen LogP contribution in [-0.4, -0.2) is 66.3 Å². The third-order valence-electron chi connectivity index (χ3n) is 10.9. The van der Waals surface area contributed by atoms with Crippen molar-refractivity contribution in [1.29, 1.82) is 0 Å². The van der Waals surface area contributed by atoms with Crippen LogP contribution in [0.3, 0.4) is 0 Å². The van der Waals surface area contributed by atoms with Gasteiger partial charge in [-0.25, -0.2) is 0 Å². The lowest BCUT2D eigenvalue weighted by molar-refractivity contribution is -0.000704. The lowest BCUT2D eigenvalue weighted by Gasteiger charge is -2.51. The Balaban J connectivity index is 2.12. The Kier molecular flexibility index (Phi) is 17.9.